The monoisotopic (exact) mass is 431 g/mol. The van der Waals surface area contributed by atoms with Crippen molar-refractivity contribution in [2.45, 2.75) is 45.8 Å². The summed E-state index contributed by atoms with van der Waals surface area (Å²) in [4.78, 5) is 2.02. The fourth-order valence-electron chi connectivity index (χ4n) is 3.52. The summed E-state index contributed by atoms with van der Waals surface area (Å²) in [7, 11) is 6.74. The number of aliphatic hydroxyl groups excluding tert-OH is 1. The van der Waals surface area contributed by atoms with E-state index >= 15 is 0 Å². The van der Waals surface area contributed by atoms with Crippen molar-refractivity contribution in [3.63, 3.8) is 0 Å². The second-order valence-electron chi connectivity index (χ2n) is 8.89. The van der Waals surface area contributed by atoms with Crippen LogP contribution in [0.4, 0.5) is 0 Å². The Morgan fingerprint density at radius 1 is 0.935 bits per heavy atom. The molecule has 1 N–H and O–H groups in total. The molecule has 0 amide bonds. The van der Waals surface area contributed by atoms with Crippen molar-refractivity contribution >= 4 is 0 Å². The number of nitrogens with zero attached hydrogens (tertiary/aromatic N) is 1. The van der Waals surface area contributed by atoms with Crippen LogP contribution in [0.1, 0.15) is 37.5 Å². The first-order valence-electron chi connectivity index (χ1n) is 10.5. The lowest BCUT2D eigenvalue weighted by molar-refractivity contribution is 0.0738. The summed E-state index contributed by atoms with van der Waals surface area (Å²) in [6.45, 7) is 9.87. The van der Waals surface area contributed by atoms with E-state index in [0.29, 0.717) is 30.3 Å². The quantitative estimate of drug-likeness (QED) is 0.609. The zero-order valence-corrected chi connectivity index (χ0v) is 20.1. The van der Waals surface area contributed by atoms with Gasteiger partial charge in [-0.2, -0.15) is 0 Å². The molecule has 31 heavy (non-hydrogen) atoms. The van der Waals surface area contributed by atoms with E-state index in [0.717, 1.165) is 16.9 Å². The molecule has 6 nitrogen and oxygen atoms in total. The summed E-state index contributed by atoms with van der Waals surface area (Å²) in [5, 5.41) is 10.5. The maximum Gasteiger partial charge on any atom is 0.203 e. The van der Waals surface area contributed by atoms with Crippen LogP contribution >= 0.6 is 0 Å². The number of hydrogen-bond donors (Lipinski definition) is 1. The van der Waals surface area contributed by atoms with E-state index in [4.69, 9.17) is 18.9 Å². The molecule has 2 rings (SSSR count). The third-order valence-corrected chi connectivity index (χ3v) is 5.22. The number of likely N-dealkylation sites (N-methyl/N-ethyl adjacent to an activating group) is 1. The highest BCUT2D eigenvalue weighted by atomic mass is 16.5. The number of aliphatic hydroxyl groups is 1. The minimum absolute atomic E-state index is 0.0940. The van der Waals surface area contributed by atoms with Crippen molar-refractivity contribution in [2.75, 3.05) is 41.5 Å². The summed E-state index contributed by atoms with van der Waals surface area (Å²) in [5.74, 6) is 2.62. The second-order valence-corrected chi connectivity index (χ2v) is 8.89. The number of rotatable bonds is 10. The van der Waals surface area contributed by atoms with Gasteiger partial charge in [0.2, 0.25) is 5.75 Å². The van der Waals surface area contributed by atoms with Gasteiger partial charge in [0.05, 0.1) is 21.3 Å². The molecule has 6 heteroatoms. The second kappa shape index (κ2) is 10.7. The first-order valence-corrected chi connectivity index (χ1v) is 10.5. The van der Waals surface area contributed by atoms with Crippen LogP contribution in [0.15, 0.2) is 30.3 Å². The van der Waals surface area contributed by atoms with Crippen molar-refractivity contribution in [1.82, 2.24) is 4.90 Å². The van der Waals surface area contributed by atoms with Crippen molar-refractivity contribution < 1.29 is 24.1 Å². The van der Waals surface area contributed by atoms with Gasteiger partial charge in [-0.15, -0.1) is 0 Å². The van der Waals surface area contributed by atoms with Gasteiger partial charge >= 0.3 is 0 Å². The topological polar surface area (TPSA) is 60.4 Å². The predicted octanol–water partition coefficient (Wildman–Crippen LogP) is 4.19. The van der Waals surface area contributed by atoms with Gasteiger partial charge in [-0.1, -0.05) is 39.0 Å². The molecule has 2 aromatic carbocycles. The van der Waals surface area contributed by atoms with Gasteiger partial charge < -0.3 is 24.1 Å². The molecule has 0 spiro atoms. The summed E-state index contributed by atoms with van der Waals surface area (Å²) in [6.07, 6.45) is -0.627. The van der Waals surface area contributed by atoms with Crippen LogP contribution in [-0.2, 0) is 12.0 Å². The number of methoxy groups -OCH3 is 3. The van der Waals surface area contributed by atoms with Gasteiger partial charge in [0.1, 0.15) is 18.5 Å². The average molecular weight is 432 g/mol. The molecule has 0 aromatic heterocycles. The molecule has 0 radical (unpaired) electrons. The number of hydrogen-bond acceptors (Lipinski definition) is 6. The summed E-state index contributed by atoms with van der Waals surface area (Å²) < 4.78 is 22.2. The highest BCUT2D eigenvalue weighted by Gasteiger charge is 2.19. The minimum atomic E-state index is -0.627. The number of aryl methyl sites for hydroxylation is 1. The first-order chi connectivity index (χ1) is 14.6. The molecule has 0 saturated heterocycles. The summed E-state index contributed by atoms with van der Waals surface area (Å²) in [5.41, 5.74) is 3.38. The number of benzene rings is 2. The van der Waals surface area contributed by atoms with E-state index < -0.39 is 6.10 Å². The van der Waals surface area contributed by atoms with Crippen molar-refractivity contribution in [3.05, 3.63) is 47.0 Å². The van der Waals surface area contributed by atoms with Crippen molar-refractivity contribution in [1.29, 1.82) is 0 Å². The lowest BCUT2D eigenvalue weighted by Crippen LogP contribution is -2.33. The fourth-order valence-corrected chi connectivity index (χ4v) is 3.52. The van der Waals surface area contributed by atoms with Crippen LogP contribution in [0, 0.1) is 6.92 Å². The maximum absolute atomic E-state index is 10.5. The largest absolute Gasteiger partial charge is 0.493 e. The molecule has 172 valence electrons. The highest BCUT2D eigenvalue weighted by molar-refractivity contribution is 5.55. The smallest absolute Gasteiger partial charge is 0.203 e. The molecule has 1 atom stereocenters. The van der Waals surface area contributed by atoms with E-state index in [-0.39, 0.29) is 12.0 Å². The Morgan fingerprint density at radius 3 is 2.13 bits per heavy atom. The van der Waals surface area contributed by atoms with E-state index in [1.54, 1.807) is 21.3 Å². The molecule has 0 bridgehead atoms. The normalized spacial score (nSPS) is 12.6. The average Bonchev–Trinajstić information content (AvgIpc) is 2.71. The Hall–Kier alpha value is -2.44. The van der Waals surface area contributed by atoms with Crippen molar-refractivity contribution in [3.8, 4) is 23.0 Å². The Bertz CT molecular complexity index is 860. The lowest BCUT2D eigenvalue weighted by atomic mass is 9.86. The predicted molar refractivity (Wildman–Crippen MR) is 124 cm³/mol. The van der Waals surface area contributed by atoms with Crippen LogP contribution in [0.25, 0.3) is 0 Å². The molecule has 1 unspecified atom stereocenters. The van der Waals surface area contributed by atoms with E-state index in [1.807, 2.05) is 37.1 Å². The van der Waals surface area contributed by atoms with E-state index in [1.165, 1.54) is 5.56 Å². The summed E-state index contributed by atoms with van der Waals surface area (Å²) >= 11 is 0. The molecule has 0 aliphatic heterocycles. The molecule has 0 fully saturated rings. The van der Waals surface area contributed by atoms with Crippen molar-refractivity contribution in [2.24, 2.45) is 0 Å². The van der Waals surface area contributed by atoms with Crippen LogP contribution in [0.2, 0.25) is 0 Å². The molecule has 0 saturated carbocycles. The van der Waals surface area contributed by atoms with Crippen LogP contribution in [-0.4, -0.2) is 57.6 Å². The van der Waals surface area contributed by atoms with Gasteiger partial charge in [0.15, 0.2) is 11.5 Å². The maximum atomic E-state index is 10.5. The third kappa shape index (κ3) is 6.52. The zero-order valence-electron chi connectivity index (χ0n) is 20.1. The molecule has 0 heterocycles. The molecule has 0 aliphatic carbocycles. The third-order valence-electron chi connectivity index (χ3n) is 5.22. The van der Waals surface area contributed by atoms with Gasteiger partial charge in [0.25, 0.3) is 0 Å². The van der Waals surface area contributed by atoms with Gasteiger partial charge in [-0.3, -0.25) is 4.90 Å². The highest BCUT2D eigenvalue weighted by Crippen LogP contribution is 2.40. The SMILES string of the molecule is COc1ccc(CN(C)CC(O)COc2ccc(C(C)(C)C)cc2C)c(OC)c1OC. The van der Waals surface area contributed by atoms with Gasteiger partial charge in [-0.05, 0) is 42.6 Å². The standard InChI is InChI=1S/C25H37NO5/c1-17-13-19(25(2,3)4)10-12-21(17)31-16-20(27)15-26(5)14-18-9-11-22(28-6)24(30-8)23(18)29-7/h9-13,20,27H,14-16H2,1-8H3. The Kier molecular flexibility index (Phi) is 8.60. The molecular formula is C25H37NO5. The van der Waals surface area contributed by atoms with Crippen LogP contribution in [0.3, 0.4) is 0 Å². The molecule has 2 aromatic rings. The van der Waals surface area contributed by atoms with Gasteiger partial charge in [-0.25, -0.2) is 0 Å². The first kappa shape index (κ1) is 24.8. The fraction of sp³-hybridized carbons (Fsp3) is 0.520. The lowest BCUT2D eigenvalue weighted by Gasteiger charge is -2.24. The van der Waals surface area contributed by atoms with Crippen LogP contribution < -0.4 is 18.9 Å². The molecular weight excluding hydrogens is 394 g/mol. The zero-order chi connectivity index (χ0) is 23.2. The van der Waals surface area contributed by atoms with Crippen LogP contribution in [0.5, 0.6) is 23.0 Å². The number of ether oxygens (including phenoxy) is 4. The van der Waals surface area contributed by atoms with E-state index in [2.05, 4.69) is 32.9 Å². The Labute approximate surface area is 186 Å². The summed E-state index contributed by atoms with van der Waals surface area (Å²) in [6, 6.07) is 10.0. The van der Waals surface area contributed by atoms with E-state index in [9.17, 15) is 5.11 Å². The molecule has 0 aliphatic rings. The van der Waals surface area contributed by atoms with Gasteiger partial charge in [0, 0.05) is 18.7 Å². The Balaban J connectivity index is 1.97. The Morgan fingerprint density at radius 2 is 1.58 bits per heavy atom. The minimum Gasteiger partial charge on any atom is -0.493 e.